The molecule has 2 aliphatic rings. The molecule has 0 aliphatic carbocycles. The molecule has 554 valence electrons. The molecule has 0 saturated heterocycles. The Balaban J connectivity index is 0.867. The van der Waals surface area contributed by atoms with Gasteiger partial charge in [0, 0.05) is 99.7 Å². The third kappa shape index (κ3) is 10.7. The topological polar surface area (TPSA) is 26.2 Å². The summed E-state index contributed by atoms with van der Waals surface area (Å²) < 4.78 is 10.1. The van der Waals surface area contributed by atoms with Gasteiger partial charge in [-0.15, -0.1) is 0 Å². The summed E-state index contributed by atoms with van der Waals surface area (Å²) in [5.41, 5.74) is 35.2. The molecule has 0 saturated carbocycles. The van der Waals surface area contributed by atoms with E-state index in [1.165, 1.54) is 92.7 Å². The SMILES string of the molecule is CC(C)(C)c1ccc2c(c1)c1cc(C(C)(C)C)ccc1n2-c1ccc2c(c1)N(c1cc(-c3ccccc3)cc(-c3ccccc3)c1)c1cc(-n3c4ccccc4c4ccccc43)cc3c1B2c1ccc(-n2c4ccccc4c4cc(-n5c6ccccc6c6ccccc65)ccc42)cc1N3c1c(-c2ccccc2)cccc1-c1ccccc1. The Morgan fingerprint density at radius 3 is 0.940 bits per heavy atom. The van der Waals surface area contributed by atoms with Crippen LogP contribution in [0.5, 0.6) is 0 Å². The molecule has 0 fully saturated rings. The molecule has 0 atom stereocenters. The molecule has 0 unspecified atom stereocenters. The normalized spacial score (nSPS) is 12.8. The van der Waals surface area contributed by atoms with Gasteiger partial charge in [0.1, 0.15) is 0 Å². The average Bonchev–Trinajstić information content (AvgIpc) is 1.02. The van der Waals surface area contributed by atoms with E-state index in [1.807, 2.05) is 0 Å². The third-order valence-electron chi connectivity index (χ3n) is 25.2. The molecule has 0 amide bonds. The quantitative estimate of drug-likeness (QED) is 0.128. The molecular formula is C110H81BN6. The summed E-state index contributed by atoms with van der Waals surface area (Å²) in [7, 11) is 0. The molecule has 0 bridgehead atoms. The van der Waals surface area contributed by atoms with E-state index >= 15 is 0 Å². The Kier molecular flexibility index (Phi) is 15.2. The summed E-state index contributed by atoms with van der Waals surface area (Å²) in [4.78, 5) is 5.37. The monoisotopic (exact) mass is 1500 g/mol. The van der Waals surface area contributed by atoms with Gasteiger partial charge in [-0.3, -0.25) is 0 Å². The number of anilines is 6. The summed E-state index contributed by atoms with van der Waals surface area (Å²) in [5, 5.41) is 9.75. The van der Waals surface area contributed by atoms with Crippen molar-refractivity contribution >= 4 is 144 Å². The molecule has 117 heavy (non-hydrogen) atoms. The number of fused-ring (bicyclic) bond motifs is 16. The molecule has 4 aromatic heterocycles. The molecule has 21 aromatic rings. The second-order valence-corrected chi connectivity index (χ2v) is 34.0. The van der Waals surface area contributed by atoms with Crippen molar-refractivity contribution in [3.8, 4) is 67.3 Å². The molecule has 0 spiro atoms. The highest BCUT2D eigenvalue weighted by atomic mass is 15.2. The van der Waals surface area contributed by atoms with Gasteiger partial charge in [-0.25, -0.2) is 0 Å². The molecule has 2 aliphatic heterocycles. The smallest absolute Gasteiger partial charge is 0.252 e. The summed E-state index contributed by atoms with van der Waals surface area (Å²) in [6, 6.07) is 145. The zero-order chi connectivity index (χ0) is 78.1. The van der Waals surface area contributed by atoms with E-state index in [4.69, 9.17) is 0 Å². The lowest BCUT2D eigenvalue weighted by atomic mass is 9.33. The highest BCUT2D eigenvalue weighted by Crippen LogP contribution is 2.54. The molecule has 0 radical (unpaired) electrons. The Morgan fingerprint density at radius 2 is 0.521 bits per heavy atom. The van der Waals surface area contributed by atoms with Crippen molar-refractivity contribution in [3.05, 3.63) is 393 Å². The number of hydrogen-bond acceptors (Lipinski definition) is 2. The molecule has 23 rings (SSSR count). The van der Waals surface area contributed by atoms with Crippen molar-refractivity contribution in [2.24, 2.45) is 0 Å². The number of rotatable bonds is 10. The number of hydrogen-bond donors (Lipinski definition) is 0. The van der Waals surface area contributed by atoms with Gasteiger partial charge in [0.2, 0.25) is 0 Å². The van der Waals surface area contributed by atoms with Gasteiger partial charge in [-0.1, -0.05) is 296 Å². The first kappa shape index (κ1) is 68.2. The van der Waals surface area contributed by atoms with Crippen LogP contribution in [0.3, 0.4) is 0 Å². The van der Waals surface area contributed by atoms with Crippen LogP contribution < -0.4 is 26.2 Å². The van der Waals surface area contributed by atoms with Crippen LogP contribution >= 0.6 is 0 Å². The van der Waals surface area contributed by atoms with Crippen LogP contribution in [0.4, 0.5) is 34.1 Å². The van der Waals surface area contributed by atoms with Gasteiger partial charge in [0.25, 0.3) is 6.71 Å². The zero-order valence-corrected chi connectivity index (χ0v) is 66.1. The van der Waals surface area contributed by atoms with Crippen LogP contribution in [0.15, 0.2) is 382 Å². The van der Waals surface area contributed by atoms with Crippen LogP contribution in [0.25, 0.3) is 154 Å². The first-order valence-corrected chi connectivity index (χ1v) is 41.0. The summed E-state index contributed by atoms with van der Waals surface area (Å²) in [5.74, 6) is 0. The minimum absolute atomic E-state index is 0.0735. The average molecular weight is 1500 g/mol. The van der Waals surface area contributed by atoms with Crippen LogP contribution in [-0.2, 0) is 10.8 Å². The maximum atomic E-state index is 2.70. The fourth-order valence-corrected chi connectivity index (χ4v) is 19.7. The van der Waals surface area contributed by atoms with Crippen molar-refractivity contribution in [1.29, 1.82) is 0 Å². The lowest BCUT2D eigenvalue weighted by Gasteiger charge is -2.45. The maximum Gasteiger partial charge on any atom is 0.252 e. The van der Waals surface area contributed by atoms with Crippen molar-refractivity contribution in [2.75, 3.05) is 9.80 Å². The molecule has 7 heteroatoms. The van der Waals surface area contributed by atoms with E-state index in [-0.39, 0.29) is 17.5 Å². The highest BCUT2D eigenvalue weighted by Gasteiger charge is 2.46. The van der Waals surface area contributed by atoms with Crippen molar-refractivity contribution in [2.45, 2.75) is 52.4 Å². The standard InChI is InChI=1S/C110H81BN6/c1-109(2,3)76-50-57-100-90(63-76)91-64-77(110(4,5)6)51-58-101(91)114(100)79-52-55-93-103(66-79)116(81-61-74(70-30-11-7-12-31-70)60-75(62-81)71-32-13-8-14-33-71)105-68-82(115-97-47-26-21-40-87(97)88-41-22-27-48-98(88)115)69-106-107(105)111(93)94-56-53-80(67-104(94)117(106)108-83(72-34-15-9-16-35-72)43-29-44-84(108)73-36-17-10-18-37-73)113-99-49-28-23-42-89(99)92-65-78(54-59-102(92)113)112-95-45-24-19-38-85(95)86-39-20-25-46-96(86)112/h7-69H,1-6H3. The third-order valence-corrected chi connectivity index (χ3v) is 25.2. The molecule has 0 N–H and O–H groups in total. The van der Waals surface area contributed by atoms with E-state index < -0.39 is 0 Å². The van der Waals surface area contributed by atoms with E-state index in [0.717, 1.165) is 123 Å². The number of para-hydroxylation sites is 6. The first-order chi connectivity index (χ1) is 57.3. The molecule has 17 aromatic carbocycles. The van der Waals surface area contributed by atoms with Crippen molar-refractivity contribution < 1.29 is 0 Å². The predicted octanol–water partition coefficient (Wildman–Crippen LogP) is 27.4. The molecule has 6 nitrogen and oxygen atoms in total. The van der Waals surface area contributed by atoms with Gasteiger partial charge in [-0.05, 0) is 199 Å². The zero-order valence-electron chi connectivity index (χ0n) is 66.1. The summed E-state index contributed by atoms with van der Waals surface area (Å²) in [6.45, 7) is 13.7. The highest BCUT2D eigenvalue weighted by molar-refractivity contribution is 7.00. The van der Waals surface area contributed by atoms with Crippen LogP contribution in [0, 0.1) is 0 Å². The van der Waals surface area contributed by atoms with E-state index in [1.54, 1.807) is 0 Å². The van der Waals surface area contributed by atoms with Crippen LogP contribution in [-0.4, -0.2) is 25.0 Å². The van der Waals surface area contributed by atoms with E-state index in [2.05, 4.69) is 452 Å². The van der Waals surface area contributed by atoms with E-state index in [9.17, 15) is 0 Å². The Hall–Kier alpha value is -14.4. The largest absolute Gasteiger partial charge is 0.311 e. The lowest BCUT2D eigenvalue weighted by Crippen LogP contribution is -2.61. The van der Waals surface area contributed by atoms with Crippen LogP contribution in [0.2, 0.25) is 0 Å². The van der Waals surface area contributed by atoms with Gasteiger partial charge in [-0.2, -0.15) is 0 Å². The molecular weight excluding hydrogens is 1420 g/mol. The Morgan fingerprint density at radius 1 is 0.205 bits per heavy atom. The van der Waals surface area contributed by atoms with Gasteiger partial charge in [0.05, 0.1) is 55.5 Å². The fraction of sp³-hybridized carbons (Fsp3) is 0.0727. The van der Waals surface area contributed by atoms with Gasteiger partial charge in [0.15, 0.2) is 0 Å². The second kappa shape index (κ2) is 26.1. The maximum absolute atomic E-state index is 2.70. The number of nitrogens with zero attached hydrogens (tertiary/aromatic N) is 6. The lowest BCUT2D eigenvalue weighted by molar-refractivity contribution is 0.590. The fourth-order valence-electron chi connectivity index (χ4n) is 19.7. The number of benzene rings is 17. The predicted molar refractivity (Wildman–Crippen MR) is 497 cm³/mol. The van der Waals surface area contributed by atoms with Crippen molar-refractivity contribution in [3.63, 3.8) is 0 Å². The minimum atomic E-state index is -0.300. The Labute approximate surface area is 680 Å². The Bertz CT molecular complexity index is 7360. The van der Waals surface area contributed by atoms with Gasteiger partial charge >= 0.3 is 0 Å². The second-order valence-electron chi connectivity index (χ2n) is 34.0. The van der Waals surface area contributed by atoms with Crippen molar-refractivity contribution in [1.82, 2.24) is 18.3 Å². The summed E-state index contributed by atoms with van der Waals surface area (Å²) in [6.07, 6.45) is 0. The minimum Gasteiger partial charge on any atom is -0.311 e. The number of aromatic nitrogens is 4. The van der Waals surface area contributed by atoms with E-state index in [0.29, 0.717) is 0 Å². The van der Waals surface area contributed by atoms with Crippen LogP contribution in [0.1, 0.15) is 52.7 Å². The first-order valence-electron chi connectivity index (χ1n) is 41.0. The molecule has 6 heterocycles. The summed E-state index contributed by atoms with van der Waals surface area (Å²) >= 11 is 0. The van der Waals surface area contributed by atoms with Gasteiger partial charge < -0.3 is 28.1 Å².